The molecule has 0 aliphatic carbocycles. The van der Waals surface area contributed by atoms with Crippen molar-refractivity contribution in [3.63, 3.8) is 0 Å². The van der Waals surface area contributed by atoms with E-state index in [1.54, 1.807) is 12.1 Å². The zero-order chi connectivity index (χ0) is 13.8. The number of rotatable bonds is 3. The van der Waals surface area contributed by atoms with Crippen molar-refractivity contribution in [2.75, 3.05) is 0 Å². The highest BCUT2D eigenvalue weighted by Crippen LogP contribution is 2.14. The van der Waals surface area contributed by atoms with Crippen molar-refractivity contribution < 1.29 is 9.18 Å². The van der Waals surface area contributed by atoms with E-state index in [0.29, 0.717) is 0 Å². The van der Waals surface area contributed by atoms with Gasteiger partial charge in [-0.2, -0.15) is 0 Å². The van der Waals surface area contributed by atoms with Gasteiger partial charge in [0.2, 0.25) is 5.28 Å². The topological polar surface area (TPSA) is 54.9 Å². The van der Waals surface area contributed by atoms with Crippen molar-refractivity contribution in [1.29, 1.82) is 0 Å². The van der Waals surface area contributed by atoms with Crippen LogP contribution in [0, 0.1) is 5.82 Å². The molecule has 0 saturated heterocycles. The SMILES string of the molecule is O=C(NCc1ccc(F)cc1)c1cnc(Cl)nc1Cl. The highest BCUT2D eigenvalue weighted by molar-refractivity contribution is 6.34. The van der Waals surface area contributed by atoms with Crippen molar-refractivity contribution in [3.8, 4) is 0 Å². The number of nitrogens with zero attached hydrogens (tertiary/aromatic N) is 2. The van der Waals surface area contributed by atoms with Gasteiger partial charge < -0.3 is 5.32 Å². The van der Waals surface area contributed by atoms with Gasteiger partial charge in [0.25, 0.3) is 5.91 Å². The normalized spacial score (nSPS) is 10.3. The number of halogens is 3. The van der Waals surface area contributed by atoms with Crippen molar-refractivity contribution in [3.05, 3.63) is 57.8 Å². The maximum atomic E-state index is 12.7. The summed E-state index contributed by atoms with van der Waals surface area (Å²) < 4.78 is 12.7. The molecule has 0 atom stereocenters. The fraction of sp³-hybridized carbons (Fsp3) is 0.0833. The van der Waals surface area contributed by atoms with Crippen LogP contribution in [0.2, 0.25) is 10.4 Å². The molecule has 98 valence electrons. The molecule has 7 heteroatoms. The second kappa shape index (κ2) is 5.95. The summed E-state index contributed by atoms with van der Waals surface area (Å²) in [4.78, 5) is 19.2. The zero-order valence-electron chi connectivity index (χ0n) is 9.53. The molecule has 4 nitrogen and oxygen atoms in total. The van der Waals surface area contributed by atoms with Crippen LogP contribution in [0.3, 0.4) is 0 Å². The van der Waals surface area contributed by atoms with Crippen molar-refractivity contribution in [2.45, 2.75) is 6.54 Å². The standard InChI is InChI=1S/C12H8Cl2FN3O/c13-10-9(6-17-12(14)18-10)11(19)16-5-7-1-3-8(15)4-2-7/h1-4,6H,5H2,(H,16,19). The molecule has 2 rings (SSSR count). The minimum absolute atomic E-state index is 0.0170. The van der Waals surface area contributed by atoms with Gasteiger partial charge in [-0.1, -0.05) is 23.7 Å². The Morgan fingerprint density at radius 2 is 1.95 bits per heavy atom. The highest BCUT2D eigenvalue weighted by Gasteiger charge is 2.12. The van der Waals surface area contributed by atoms with E-state index in [0.717, 1.165) is 5.56 Å². The fourth-order valence-electron chi connectivity index (χ4n) is 1.37. The van der Waals surface area contributed by atoms with Gasteiger partial charge in [0.1, 0.15) is 11.0 Å². The van der Waals surface area contributed by atoms with Crippen LogP contribution in [0.4, 0.5) is 4.39 Å². The Hall–Kier alpha value is -1.72. The van der Waals surface area contributed by atoms with Gasteiger partial charge >= 0.3 is 0 Å². The average Bonchev–Trinajstić information content (AvgIpc) is 2.37. The van der Waals surface area contributed by atoms with Crippen LogP contribution in [0.5, 0.6) is 0 Å². The van der Waals surface area contributed by atoms with Crippen LogP contribution >= 0.6 is 23.2 Å². The van der Waals surface area contributed by atoms with Crippen LogP contribution in [0.15, 0.2) is 30.5 Å². The first-order valence-electron chi connectivity index (χ1n) is 5.27. The smallest absolute Gasteiger partial charge is 0.256 e. The third kappa shape index (κ3) is 3.62. The molecule has 1 aromatic carbocycles. The first-order valence-corrected chi connectivity index (χ1v) is 6.02. The van der Waals surface area contributed by atoms with Crippen molar-refractivity contribution >= 4 is 29.1 Å². The number of amides is 1. The minimum atomic E-state index is -0.425. The van der Waals surface area contributed by atoms with E-state index >= 15 is 0 Å². The van der Waals surface area contributed by atoms with E-state index in [9.17, 15) is 9.18 Å². The molecule has 2 aromatic rings. The molecule has 1 heterocycles. The number of hydrogen-bond donors (Lipinski definition) is 1. The lowest BCUT2D eigenvalue weighted by Crippen LogP contribution is -2.23. The first-order chi connectivity index (χ1) is 9.06. The summed E-state index contributed by atoms with van der Waals surface area (Å²) in [6, 6.07) is 5.80. The monoisotopic (exact) mass is 299 g/mol. The summed E-state index contributed by atoms with van der Waals surface area (Å²) in [5, 5.41) is 2.58. The molecular formula is C12H8Cl2FN3O. The van der Waals surface area contributed by atoms with E-state index in [2.05, 4.69) is 15.3 Å². The molecule has 0 saturated carbocycles. The summed E-state index contributed by atoms with van der Waals surface area (Å²) in [6.07, 6.45) is 1.25. The molecular weight excluding hydrogens is 292 g/mol. The second-order valence-corrected chi connectivity index (χ2v) is 4.35. The number of carbonyl (C=O) groups is 1. The summed E-state index contributed by atoms with van der Waals surface area (Å²) in [7, 11) is 0. The molecule has 1 amide bonds. The van der Waals surface area contributed by atoms with E-state index in [4.69, 9.17) is 23.2 Å². The number of benzene rings is 1. The third-order valence-corrected chi connectivity index (χ3v) is 2.79. The fourth-order valence-corrected chi connectivity index (χ4v) is 1.76. The number of nitrogens with one attached hydrogen (secondary N) is 1. The van der Waals surface area contributed by atoms with Crippen LogP contribution in [-0.4, -0.2) is 15.9 Å². The molecule has 0 unspecified atom stereocenters. The van der Waals surface area contributed by atoms with Gasteiger partial charge in [0.15, 0.2) is 0 Å². The molecule has 1 N–H and O–H groups in total. The van der Waals surface area contributed by atoms with Gasteiger partial charge in [-0.05, 0) is 29.3 Å². The largest absolute Gasteiger partial charge is 0.348 e. The van der Waals surface area contributed by atoms with Crippen LogP contribution in [0.25, 0.3) is 0 Å². The lowest BCUT2D eigenvalue weighted by Gasteiger charge is -2.06. The third-order valence-electron chi connectivity index (χ3n) is 2.32. The highest BCUT2D eigenvalue weighted by atomic mass is 35.5. The number of carbonyl (C=O) groups excluding carboxylic acids is 1. The molecule has 1 aromatic heterocycles. The average molecular weight is 300 g/mol. The van der Waals surface area contributed by atoms with E-state index in [-0.39, 0.29) is 28.4 Å². The lowest BCUT2D eigenvalue weighted by molar-refractivity contribution is 0.0950. The maximum Gasteiger partial charge on any atom is 0.256 e. The Morgan fingerprint density at radius 1 is 1.26 bits per heavy atom. The molecule has 0 bridgehead atoms. The molecule has 0 aliphatic rings. The zero-order valence-corrected chi connectivity index (χ0v) is 11.0. The quantitative estimate of drug-likeness (QED) is 0.700. The van der Waals surface area contributed by atoms with E-state index in [1.807, 2.05) is 0 Å². The molecule has 0 fully saturated rings. The van der Waals surface area contributed by atoms with Crippen LogP contribution in [0.1, 0.15) is 15.9 Å². The van der Waals surface area contributed by atoms with E-state index < -0.39 is 5.91 Å². The first kappa shape index (κ1) is 13.7. The molecule has 0 radical (unpaired) electrons. The molecule has 19 heavy (non-hydrogen) atoms. The maximum absolute atomic E-state index is 12.7. The van der Waals surface area contributed by atoms with Crippen molar-refractivity contribution in [1.82, 2.24) is 15.3 Å². The van der Waals surface area contributed by atoms with E-state index in [1.165, 1.54) is 18.3 Å². The number of hydrogen-bond acceptors (Lipinski definition) is 3. The Kier molecular flexibility index (Phi) is 4.29. The van der Waals surface area contributed by atoms with Crippen LogP contribution < -0.4 is 5.32 Å². The van der Waals surface area contributed by atoms with Gasteiger partial charge in [0.05, 0.1) is 5.56 Å². The lowest BCUT2D eigenvalue weighted by atomic mass is 10.2. The summed E-state index contributed by atoms with van der Waals surface area (Å²) in [6.45, 7) is 0.248. The Balaban J connectivity index is 2.03. The minimum Gasteiger partial charge on any atom is -0.348 e. The Bertz CT molecular complexity index is 604. The molecule has 0 aliphatic heterocycles. The van der Waals surface area contributed by atoms with Gasteiger partial charge in [-0.25, -0.2) is 14.4 Å². The predicted octanol–water partition coefficient (Wildman–Crippen LogP) is 2.85. The number of aromatic nitrogens is 2. The van der Waals surface area contributed by atoms with Gasteiger partial charge in [-0.15, -0.1) is 0 Å². The summed E-state index contributed by atoms with van der Waals surface area (Å²) in [5.74, 6) is -0.754. The Labute approximate surface area is 118 Å². The Morgan fingerprint density at radius 3 is 2.58 bits per heavy atom. The van der Waals surface area contributed by atoms with Crippen molar-refractivity contribution in [2.24, 2.45) is 0 Å². The van der Waals surface area contributed by atoms with Crippen LogP contribution in [-0.2, 0) is 6.54 Å². The summed E-state index contributed by atoms with van der Waals surface area (Å²) in [5.41, 5.74) is 0.897. The summed E-state index contributed by atoms with van der Waals surface area (Å²) >= 11 is 11.3. The van der Waals surface area contributed by atoms with Gasteiger partial charge in [-0.3, -0.25) is 4.79 Å². The molecule has 0 spiro atoms. The second-order valence-electron chi connectivity index (χ2n) is 3.65. The predicted molar refractivity (Wildman–Crippen MR) is 69.6 cm³/mol. The van der Waals surface area contributed by atoms with Gasteiger partial charge in [0, 0.05) is 12.7 Å².